The maximum atomic E-state index is 5.33. The van der Waals surface area contributed by atoms with Gasteiger partial charge in [-0.05, 0) is 86.3 Å². The SMILES string of the molecule is c1cc(-c2cccc(-c3nc4cccc5c4n3-c3ccccc3-c3ccccc3-5)c2)cc(-c2nc(-c3ccc4ccccc4c3)cc(-c3ccc4ccccc4c3)n2)c1. The number of rotatable bonds is 5. The van der Waals surface area contributed by atoms with Crippen molar-refractivity contribution in [1.82, 2.24) is 19.5 Å². The van der Waals surface area contributed by atoms with Crippen LogP contribution in [0.15, 0.2) is 206 Å². The Morgan fingerprint density at radius 2 is 0.814 bits per heavy atom. The normalized spacial score (nSPS) is 11.7. The minimum Gasteiger partial charge on any atom is -0.291 e. The summed E-state index contributed by atoms with van der Waals surface area (Å²) in [4.78, 5) is 15.8. The van der Waals surface area contributed by atoms with Gasteiger partial charge >= 0.3 is 0 Å². The second-order valence-corrected chi connectivity index (χ2v) is 15.3. The van der Waals surface area contributed by atoms with Gasteiger partial charge in [-0.2, -0.15) is 0 Å². The molecule has 0 saturated heterocycles. The van der Waals surface area contributed by atoms with E-state index in [1.54, 1.807) is 0 Å². The van der Waals surface area contributed by atoms with Crippen molar-refractivity contribution >= 4 is 32.6 Å². The second-order valence-electron chi connectivity index (χ2n) is 15.3. The van der Waals surface area contributed by atoms with Gasteiger partial charge in [0, 0.05) is 33.4 Å². The molecule has 2 aromatic heterocycles. The highest BCUT2D eigenvalue weighted by Crippen LogP contribution is 2.45. The number of hydrogen-bond acceptors (Lipinski definition) is 3. The van der Waals surface area contributed by atoms with Crippen molar-refractivity contribution in [2.45, 2.75) is 0 Å². The fraction of sp³-hybridized carbons (Fsp3) is 0. The maximum Gasteiger partial charge on any atom is 0.160 e. The highest BCUT2D eigenvalue weighted by Gasteiger charge is 2.25. The molecule has 0 unspecified atom stereocenters. The van der Waals surface area contributed by atoms with Crippen LogP contribution in [0.2, 0.25) is 0 Å². The summed E-state index contributed by atoms with van der Waals surface area (Å²) in [6.45, 7) is 0. The second kappa shape index (κ2) is 13.3. The highest BCUT2D eigenvalue weighted by atomic mass is 15.1. The Bertz CT molecular complexity index is 3370. The molecule has 0 amide bonds. The predicted molar refractivity (Wildman–Crippen MR) is 243 cm³/mol. The van der Waals surface area contributed by atoms with Crippen molar-refractivity contribution in [1.29, 1.82) is 0 Å². The first-order chi connectivity index (χ1) is 29.2. The molecule has 4 heteroatoms. The molecule has 9 aromatic carbocycles. The standard InChI is InChI=1S/C55H34N4/c1-3-14-37-30-41(28-26-35(37)12-1)50-34-51(42-29-27-36-13-2-4-15-38(36)31-42)57-54(56-50)43-18-9-16-39(32-43)40-17-10-19-44(33-40)55-58-49-24-11-23-48-46-21-6-5-20-45(46)47-22-7-8-25-52(47)59(55)53(48)49/h1-34H. The molecule has 0 atom stereocenters. The van der Waals surface area contributed by atoms with Crippen LogP contribution in [0.25, 0.3) is 117 Å². The first-order valence-corrected chi connectivity index (χ1v) is 20.0. The molecule has 0 fully saturated rings. The fourth-order valence-corrected chi connectivity index (χ4v) is 8.87. The molecule has 1 aliphatic rings. The van der Waals surface area contributed by atoms with Gasteiger partial charge in [0.2, 0.25) is 0 Å². The molecule has 0 aliphatic carbocycles. The number of benzene rings is 9. The van der Waals surface area contributed by atoms with Crippen molar-refractivity contribution in [2.24, 2.45) is 0 Å². The monoisotopic (exact) mass is 750 g/mol. The molecule has 11 aromatic rings. The number of aromatic nitrogens is 4. The van der Waals surface area contributed by atoms with E-state index in [0.717, 1.165) is 67.3 Å². The molecule has 0 spiro atoms. The van der Waals surface area contributed by atoms with Gasteiger partial charge in [-0.3, -0.25) is 4.57 Å². The summed E-state index contributed by atoms with van der Waals surface area (Å²) in [6, 6.07) is 73.4. The number of para-hydroxylation sites is 2. The van der Waals surface area contributed by atoms with Crippen molar-refractivity contribution < 1.29 is 0 Å². The third-order valence-corrected chi connectivity index (χ3v) is 11.7. The van der Waals surface area contributed by atoms with E-state index in [-0.39, 0.29) is 0 Å². The lowest BCUT2D eigenvalue weighted by Gasteiger charge is -2.14. The Morgan fingerprint density at radius 1 is 0.305 bits per heavy atom. The Morgan fingerprint density at radius 3 is 1.49 bits per heavy atom. The number of nitrogens with zero attached hydrogens (tertiary/aromatic N) is 4. The van der Waals surface area contributed by atoms with Gasteiger partial charge < -0.3 is 0 Å². The van der Waals surface area contributed by atoms with E-state index in [9.17, 15) is 0 Å². The summed E-state index contributed by atoms with van der Waals surface area (Å²) in [5, 5.41) is 4.76. The van der Waals surface area contributed by atoms with E-state index >= 15 is 0 Å². The lowest BCUT2D eigenvalue weighted by Crippen LogP contribution is -1.99. The molecule has 0 N–H and O–H groups in total. The van der Waals surface area contributed by atoms with Crippen molar-refractivity contribution in [2.75, 3.05) is 0 Å². The lowest BCUT2D eigenvalue weighted by atomic mass is 9.94. The van der Waals surface area contributed by atoms with E-state index in [4.69, 9.17) is 15.0 Å². The molecule has 59 heavy (non-hydrogen) atoms. The Hall–Kier alpha value is -7.95. The van der Waals surface area contributed by atoms with Gasteiger partial charge in [0.1, 0.15) is 5.82 Å². The van der Waals surface area contributed by atoms with Crippen LogP contribution in [0, 0.1) is 0 Å². The van der Waals surface area contributed by atoms with Crippen LogP contribution in [0.5, 0.6) is 0 Å². The predicted octanol–water partition coefficient (Wildman–Crippen LogP) is 14.1. The van der Waals surface area contributed by atoms with Gasteiger partial charge in [-0.15, -0.1) is 0 Å². The van der Waals surface area contributed by atoms with E-state index in [0.29, 0.717) is 5.82 Å². The van der Waals surface area contributed by atoms with E-state index in [1.165, 1.54) is 43.8 Å². The van der Waals surface area contributed by atoms with Crippen molar-refractivity contribution in [3.8, 4) is 84.4 Å². The Labute approximate surface area is 341 Å². The van der Waals surface area contributed by atoms with Crippen molar-refractivity contribution in [3.05, 3.63) is 206 Å². The maximum absolute atomic E-state index is 5.33. The molecule has 274 valence electrons. The molecular formula is C55H34N4. The molecule has 4 nitrogen and oxygen atoms in total. The molecule has 12 rings (SSSR count). The zero-order chi connectivity index (χ0) is 38.9. The Kier molecular flexibility index (Phi) is 7.50. The largest absolute Gasteiger partial charge is 0.291 e. The molecule has 3 heterocycles. The number of fused-ring (bicyclic) bond motifs is 7. The first kappa shape index (κ1) is 33.2. The van der Waals surface area contributed by atoms with E-state index < -0.39 is 0 Å². The minimum absolute atomic E-state index is 0.681. The van der Waals surface area contributed by atoms with E-state index in [2.05, 4.69) is 211 Å². The lowest BCUT2D eigenvalue weighted by molar-refractivity contribution is 1.11. The molecular weight excluding hydrogens is 717 g/mol. The van der Waals surface area contributed by atoms with Gasteiger partial charge in [0.25, 0.3) is 0 Å². The topological polar surface area (TPSA) is 43.6 Å². The van der Waals surface area contributed by atoms with Crippen LogP contribution in [0.1, 0.15) is 0 Å². The zero-order valence-electron chi connectivity index (χ0n) is 31.9. The Balaban J connectivity index is 0.994. The summed E-state index contributed by atoms with van der Waals surface area (Å²) >= 11 is 0. The number of imidazole rings is 1. The molecule has 0 radical (unpaired) electrons. The van der Waals surface area contributed by atoms with Crippen LogP contribution < -0.4 is 0 Å². The average Bonchev–Trinajstić information content (AvgIpc) is 3.65. The summed E-state index contributed by atoms with van der Waals surface area (Å²) in [7, 11) is 0. The smallest absolute Gasteiger partial charge is 0.160 e. The first-order valence-electron chi connectivity index (χ1n) is 20.0. The zero-order valence-corrected chi connectivity index (χ0v) is 31.9. The molecule has 0 saturated carbocycles. The highest BCUT2D eigenvalue weighted by molar-refractivity contribution is 6.04. The van der Waals surface area contributed by atoms with Gasteiger partial charge in [-0.1, -0.05) is 164 Å². The average molecular weight is 751 g/mol. The third-order valence-electron chi connectivity index (χ3n) is 11.7. The summed E-state index contributed by atoms with van der Waals surface area (Å²) in [5.41, 5.74) is 16.1. The van der Waals surface area contributed by atoms with Gasteiger partial charge in [0.15, 0.2) is 5.82 Å². The molecule has 1 aliphatic heterocycles. The summed E-state index contributed by atoms with van der Waals surface area (Å²) < 4.78 is 2.36. The van der Waals surface area contributed by atoms with Crippen LogP contribution in [0.3, 0.4) is 0 Å². The van der Waals surface area contributed by atoms with Crippen LogP contribution >= 0.6 is 0 Å². The van der Waals surface area contributed by atoms with Crippen molar-refractivity contribution in [3.63, 3.8) is 0 Å². The third kappa shape index (κ3) is 5.57. The minimum atomic E-state index is 0.681. The van der Waals surface area contributed by atoms with Crippen LogP contribution in [-0.2, 0) is 0 Å². The fourth-order valence-electron chi connectivity index (χ4n) is 8.87. The van der Waals surface area contributed by atoms with Gasteiger partial charge in [-0.25, -0.2) is 15.0 Å². The number of hydrogen-bond donors (Lipinski definition) is 0. The molecule has 0 bridgehead atoms. The van der Waals surface area contributed by atoms with Crippen LogP contribution in [-0.4, -0.2) is 19.5 Å². The summed E-state index contributed by atoms with van der Waals surface area (Å²) in [6.07, 6.45) is 0. The van der Waals surface area contributed by atoms with Gasteiger partial charge in [0.05, 0.1) is 28.1 Å². The summed E-state index contributed by atoms with van der Waals surface area (Å²) in [5.74, 6) is 1.60. The van der Waals surface area contributed by atoms with Crippen LogP contribution in [0.4, 0.5) is 0 Å². The van der Waals surface area contributed by atoms with E-state index in [1.807, 2.05) is 0 Å². The quantitative estimate of drug-likeness (QED) is 0.176.